The number of carbonyl (C=O) groups excluding carboxylic acids is 2. The number of amides is 2. The highest BCUT2D eigenvalue weighted by Gasteiger charge is 2.35. The first-order chi connectivity index (χ1) is 21.7. The topological polar surface area (TPSA) is 86.8 Å². The Morgan fingerprint density at radius 3 is 2.07 bits per heavy atom. The van der Waals surface area contributed by atoms with E-state index < -0.39 is 34.3 Å². The van der Waals surface area contributed by atoms with Gasteiger partial charge in [-0.05, 0) is 59.9 Å². The second-order valence-electron chi connectivity index (χ2n) is 10.8. The second kappa shape index (κ2) is 16.0. The van der Waals surface area contributed by atoms with Crippen molar-refractivity contribution in [1.29, 1.82) is 0 Å². The van der Waals surface area contributed by atoms with Crippen molar-refractivity contribution in [3.8, 4) is 0 Å². The largest absolute Gasteiger partial charge is 0.354 e. The number of aryl methyl sites for hydroxylation is 1. The molecule has 0 aromatic heterocycles. The summed E-state index contributed by atoms with van der Waals surface area (Å²) in [6.07, 6.45) is 2.40. The number of nitrogens with zero attached hydrogens (tertiary/aromatic N) is 2. The van der Waals surface area contributed by atoms with Crippen molar-refractivity contribution in [2.45, 2.75) is 57.0 Å². The first-order valence-corrected chi connectivity index (χ1v) is 16.7. The maximum atomic E-state index is 14.5. The summed E-state index contributed by atoms with van der Waals surface area (Å²) in [6.45, 7) is 3.83. The number of halogens is 1. The van der Waals surface area contributed by atoms with E-state index in [4.69, 9.17) is 0 Å². The number of benzene rings is 4. The summed E-state index contributed by atoms with van der Waals surface area (Å²) in [4.78, 5) is 29.8. The monoisotopic (exact) mass is 629 g/mol. The molecule has 0 aliphatic carbocycles. The highest BCUT2D eigenvalue weighted by Crippen LogP contribution is 2.28. The first-order valence-electron chi connectivity index (χ1n) is 15.3. The smallest absolute Gasteiger partial charge is 0.264 e. The Labute approximate surface area is 265 Å². The average molecular weight is 630 g/mol. The molecule has 236 valence electrons. The number of unbranched alkanes of at least 4 members (excludes halogenated alkanes) is 1. The highest BCUT2D eigenvalue weighted by atomic mass is 32.2. The third kappa shape index (κ3) is 8.79. The van der Waals surface area contributed by atoms with E-state index in [1.165, 1.54) is 29.2 Å². The quantitative estimate of drug-likeness (QED) is 0.160. The summed E-state index contributed by atoms with van der Waals surface area (Å²) >= 11 is 0. The van der Waals surface area contributed by atoms with Crippen molar-refractivity contribution >= 4 is 27.5 Å². The molecule has 1 N–H and O–H groups in total. The van der Waals surface area contributed by atoms with Gasteiger partial charge in [0, 0.05) is 19.5 Å². The van der Waals surface area contributed by atoms with Gasteiger partial charge in [-0.2, -0.15) is 0 Å². The van der Waals surface area contributed by atoms with Gasteiger partial charge >= 0.3 is 0 Å². The number of hydrogen-bond acceptors (Lipinski definition) is 4. The number of hydrogen-bond donors (Lipinski definition) is 1. The number of carbonyl (C=O) groups is 2. The fourth-order valence-corrected chi connectivity index (χ4v) is 6.61. The van der Waals surface area contributed by atoms with Gasteiger partial charge in [0.1, 0.15) is 18.4 Å². The number of anilines is 1. The van der Waals surface area contributed by atoms with Gasteiger partial charge in [0.25, 0.3) is 10.0 Å². The molecular weight excluding hydrogens is 589 g/mol. The highest BCUT2D eigenvalue weighted by molar-refractivity contribution is 7.92. The van der Waals surface area contributed by atoms with E-state index in [2.05, 4.69) is 5.32 Å². The molecule has 45 heavy (non-hydrogen) atoms. The molecule has 2 amide bonds. The molecule has 0 bridgehead atoms. The standard InChI is InChI=1S/C36H40FN3O4S/c1-3-5-24-38-36(42)34(25-28-14-8-6-9-15-28)39(26-29-20-22-31(37)23-21-29)35(41)27-40(33-19-13-12-16-30(33)4-2)45(43,44)32-17-10-7-11-18-32/h6-23,34H,3-5,24-27H2,1-2H3,(H,38,42). The minimum absolute atomic E-state index is 0.0214. The van der Waals surface area contributed by atoms with Crippen molar-refractivity contribution in [2.24, 2.45) is 0 Å². The number of sulfonamides is 1. The van der Waals surface area contributed by atoms with Gasteiger partial charge in [-0.15, -0.1) is 0 Å². The van der Waals surface area contributed by atoms with Crippen LogP contribution in [0, 0.1) is 5.82 Å². The Morgan fingerprint density at radius 1 is 0.800 bits per heavy atom. The third-order valence-electron chi connectivity index (χ3n) is 7.62. The predicted octanol–water partition coefficient (Wildman–Crippen LogP) is 6.14. The van der Waals surface area contributed by atoms with E-state index in [0.29, 0.717) is 24.2 Å². The van der Waals surface area contributed by atoms with Gasteiger partial charge in [0.05, 0.1) is 10.6 Å². The molecule has 1 unspecified atom stereocenters. The lowest BCUT2D eigenvalue weighted by Gasteiger charge is -2.34. The molecular formula is C36H40FN3O4S. The molecule has 7 nitrogen and oxygen atoms in total. The van der Waals surface area contributed by atoms with Crippen LogP contribution in [0.3, 0.4) is 0 Å². The molecule has 0 saturated heterocycles. The van der Waals surface area contributed by atoms with E-state index in [9.17, 15) is 22.4 Å². The zero-order chi connectivity index (χ0) is 32.2. The van der Waals surface area contributed by atoms with Crippen LogP contribution in [-0.4, -0.2) is 44.3 Å². The molecule has 4 aromatic carbocycles. The summed E-state index contributed by atoms with van der Waals surface area (Å²) in [7, 11) is -4.18. The summed E-state index contributed by atoms with van der Waals surface area (Å²) in [5.41, 5.74) is 2.60. The van der Waals surface area contributed by atoms with Gasteiger partial charge in [-0.25, -0.2) is 12.8 Å². The Balaban J connectivity index is 1.80. The van der Waals surface area contributed by atoms with Crippen LogP contribution in [-0.2, 0) is 39.0 Å². The van der Waals surface area contributed by atoms with Crippen molar-refractivity contribution in [2.75, 3.05) is 17.4 Å². The fraction of sp³-hybridized carbons (Fsp3) is 0.278. The third-order valence-corrected chi connectivity index (χ3v) is 9.39. The van der Waals surface area contributed by atoms with Crippen molar-refractivity contribution in [3.63, 3.8) is 0 Å². The zero-order valence-electron chi connectivity index (χ0n) is 25.7. The lowest BCUT2D eigenvalue weighted by Crippen LogP contribution is -2.53. The van der Waals surface area contributed by atoms with Crippen molar-refractivity contribution in [3.05, 3.63) is 132 Å². The number of rotatable bonds is 15. The lowest BCUT2D eigenvalue weighted by molar-refractivity contribution is -0.140. The Bertz CT molecular complexity index is 1650. The number of nitrogens with one attached hydrogen (secondary N) is 1. The summed E-state index contributed by atoms with van der Waals surface area (Å²) in [6, 6.07) is 29.2. The van der Waals surface area contributed by atoms with Gasteiger partial charge in [0.15, 0.2) is 0 Å². The second-order valence-corrected chi connectivity index (χ2v) is 12.7. The Hall–Kier alpha value is -4.50. The SMILES string of the molecule is CCCCNC(=O)C(Cc1ccccc1)N(Cc1ccc(F)cc1)C(=O)CN(c1ccccc1CC)S(=O)(=O)c1ccccc1. The lowest BCUT2D eigenvalue weighted by atomic mass is 10.0. The normalized spacial score (nSPS) is 11.9. The summed E-state index contributed by atoms with van der Waals surface area (Å²) in [5.74, 6) is -1.32. The molecule has 0 spiro atoms. The van der Waals surface area contributed by atoms with Crippen LogP contribution in [0.1, 0.15) is 43.4 Å². The van der Waals surface area contributed by atoms with Gasteiger partial charge in [-0.3, -0.25) is 13.9 Å². The van der Waals surface area contributed by atoms with Gasteiger partial charge in [0.2, 0.25) is 11.8 Å². The van der Waals surface area contributed by atoms with E-state index in [1.54, 1.807) is 42.5 Å². The van der Waals surface area contributed by atoms with Crippen LogP contribution in [0.5, 0.6) is 0 Å². The minimum atomic E-state index is -4.18. The molecule has 4 rings (SSSR count). The van der Waals surface area contributed by atoms with E-state index in [0.717, 1.165) is 28.3 Å². The Kier molecular flexibility index (Phi) is 11.9. The predicted molar refractivity (Wildman–Crippen MR) is 176 cm³/mol. The Morgan fingerprint density at radius 2 is 1.42 bits per heavy atom. The zero-order valence-corrected chi connectivity index (χ0v) is 26.5. The molecule has 9 heteroatoms. The van der Waals surface area contributed by atoms with Gasteiger partial charge < -0.3 is 10.2 Å². The first kappa shape index (κ1) is 33.4. The van der Waals surface area contributed by atoms with Gasteiger partial charge in [-0.1, -0.05) is 99.1 Å². The molecule has 0 radical (unpaired) electrons. The molecule has 0 fully saturated rings. The van der Waals surface area contributed by atoms with Crippen molar-refractivity contribution < 1.29 is 22.4 Å². The molecule has 0 saturated carbocycles. The maximum absolute atomic E-state index is 14.5. The summed E-state index contributed by atoms with van der Waals surface area (Å²) in [5, 5.41) is 2.97. The average Bonchev–Trinajstić information content (AvgIpc) is 3.06. The van der Waals surface area contributed by atoms with Crippen LogP contribution >= 0.6 is 0 Å². The van der Waals surface area contributed by atoms with Crippen LogP contribution in [0.2, 0.25) is 0 Å². The fourth-order valence-electron chi connectivity index (χ4n) is 5.13. The molecule has 1 atom stereocenters. The summed E-state index contributed by atoms with van der Waals surface area (Å²) < 4.78 is 43.3. The minimum Gasteiger partial charge on any atom is -0.354 e. The molecule has 0 aliphatic rings. The van der Waals surface area contributed by atoms with E-state index >= 15 is 0 Å². The number of para-hydroxylation sites is 1. The van der Waals surface area contributed by atoms with Crippen LogP contribution < -0.4 is 9.62 Å². The van der Waals surface area contributed by atoms with E-state index in [1.807, 2.05) is 56.3 Å². The van der Waals surface area contributed by atoms with Crippen LogP contribution in [0.4, 0.5) is 10.1 Å². The molecule has 0 heterocycles. The molecule has 0 aliphatic heterocycles. The van der Waals surface area contributed by atoms with Crippen LogP contribution in [0.15, 0.2) is 114 Å². The molecule has 4 aromatic rings. The van der Waals surface area contributed by atoms with Crippen LogP contribution in [0.25, 0.3) is 0 Å². The maximum Gasteiger partial charge on any atom is 0.264 e. The van der Waals surface area contributed by atoms with Crippen molar-refractivity contribution in [1.82, 2.24) is 10.2 Å². The van der Waals surface area contributed by atoms with E-state index in [-0.39, 0.29) is 23.8 Å².